The summed E-state index contributed by atoms with van der Waals surface area (Å²) in [6.45, 7) is 9.58. The standard InChI is InChI=1S/C15H26O/c1-8-5-6-10-9(2)12(16)7-11-14(13(8)10)15(11,3)4/h8-14,16H,5-7H2,1-4H3. The number of rotatable bonds is 0. The van der Waals surface area contributed by atoms with Crippen LogP contribution in [-0.4, -0.2) is 11.2 Å². The van der Waals surface area contributed by atoms with Gasteiger partial charge in [0.15, 0.2) is 0 Å². The Morgan fingerprint density at radius 3 is 2.50 bits per heavy atom. The van der Waals surface area contributed by atoms with Crippen LogP contribution in [-0.2, 0) is 0 Å². The van der Waals surface area contributed by atoms with E-state index in [2.05, 4.69) is 27.7 Å². The Hall–Kier alpha value is -0.0400. The molecular formula is C15H26O. The lowest BCUT2D eigenvalue weighted by Crippen LogP contribution is -2.29. The van der Waals surface area contributed by atoms with Crippen LogP contribution in [0.25, 0.3) is 0 Å². The highest BCUT2D eigenvalue weighted by molar-refractivity contribution is 5.13. The summed E-state index contributed by atoms with van der Waals surface area (Å²) < 4.78 is 0. The molecule has 3 fully saturated rings. The molecule has 1 heteroatoms. The Labute approximate surface area is 99.6 Å². The molecule has 7 unspecified atom stereocenters. The second kappa shape index (κ2) is 3.25. The fraction of sp³-hybridized carbons (Fsp3) is 1.00. The van der Waals surface area contributed by atoms with E-state index in [1.807, 2.05) is 0 Å². The third-order valence-corrected chi connectivity index (χ3v) is 6.44. The minimum Gasteiger partial charge on any atom is -0.393 e. The predicted octanol–water partition coefficient (Wildman–Crippen LogP) is 3.32. The third kappa shape index (κ3) is 1.27. The first-order chi connectivity index (χ1) is 7.44. The third-order valence-electron chi connectivity index (χ3n) is 6.44. The normalized spacial score (nSPS) is 58.7. The van der Waals surface area contributed by atoms with Crippen molar-refractivity contribution >= 4 is 0 Å². The fourth-order valence-corrected chi connectivity index (χ4v) is 5.26. The van der Waals surface area contributed by atoms with Gasteiger partial charge < -0.3 is 5.11 Å². The number of aliphatic hydroxyl groups is 1. The average Bonchev–Trinajstić information content (AvgIpc) is 2.58. The summed E-state index contributed by atoms with van der Waals surface area (Å²) in [7, 11) is 0. The van der Waals surface area contributed by atoms with Crippen LogP contribution in [0, 0.1) is 40.9 Å². The van der Waals surface area contributed by atoms with Crippen molar-refractivity contribution in [2.75, 3.05) is 0 Å². The SMILES string of the molecule is CC1CCC2C(C)C(O)CC3C(C12)C3(C)C. The van der Waals surface area contributed by atoms with Crippen LogP contribution in [0.2, 0.25) is 0 Å². The summed E-state index contributed by atoms with van der Waals surface area (Å²) >= 11 is 0. The number of hydrogen-bond acceptors (Lipinski definition) is 1. The van der Waals surface area contributed by atoms with Crippen LogP contribution in [0.4, 0.5) is 0 Å². The zero-order chi connectivity index (χ0) is 11.7. The topological polar surface area (TPSA) is 20.2 Å². The molecule has 3 saturated carbocycles. The molecule has 0 radical (unpaired) electrons. The summed E-state index contributed by atoms with van der Waals surface area (Å²) in [6, 6.07) is 0. The molecule has 0 bridgehead atoms. The van der Waals surface area contributed by atoms with Crippen molar-refractivity contribution in [3.8, 4) is 0 Å². The molecule has 0 aromatic heterocycles. The minimum absolute atomic E-state index is 0.0328. The molecule has 0 aromatic carbocycles. The van der Waals surface area contributed by atoms with Gasteiger partial charge in [0.1, 0.15) is 0 Å². The number of fused-ring (bicyclic) bond motifs is 3. The van der Waals surface area contributed by atoms with E-state index in [1.165, 1.54) is 12.8 Å². The Bertz CT molecular complexity index is 294. The first-order valence-corrected chi connectivity index (χ1v) is 7.12. The lowest BCUT2D eigenvalue weighted by Gasteiger charge is -2.30. The van der Waals surface area contributed by atoms with E-state index in [-0.39, 0.29) is 6.10 Å². The first kappa shape index (κ1) is 11.1. The quantitative estimate of drug-likeness (QED) is 0.666. The molecule has 3 aliphatic rings. The van der Waals surface area contributed by atoms with Gasteiger partial charge in [-0.25, -0.2) is 0 Å². The molecule has 0 aromatic rings. The Balaban J connectivity index is 1.93. The molecule has 3 aliphatic carbocycles. The smallest absolute Gasteiger partial charge is 0.0571 e. The Morgan fingerprint density at radius 2 is 1.81 bits per heavy atom. The molecule has 1 N–H and O–H groups in total. The molecule has 16 heavy (non-hydrogen) atoms. The minimum atomic E-state index is -0.0328. The van der Waals surface area contributed by atoms with Gasteiger partial charge in [-0.2, -0.15) is 0 Å². The van der Waals surface area contributed by atoms with Gasteiger partial charge in [-0.15, -0.1) is 0 Å². The molecule has 7 atom stereocenters. The van der Waals surface area contributed by atoms with Crippen molar-refractivity contribution in [2.24, 2.45) is 40.9 Å². The van der Waals surface area contributed by atoms with E-state index >= 15 is 0 Å². The van der Waals surface area contributed by atoms with E-state index in [9.17, 15) is 5.11 Å². The van der Waals surface area contributed by atoms with Crippen molar-refractivity contribution in [3.63, 3.8) is 0 Å². The van der Waals surface area contributed by atoms with Crippen LogP contribution in [0.5, 0.6) is 0 Å². The molecule has 0 amide bonds. The highest BCUT2D eigenvalue weighted by Crippen LogP contribution is 2.70. The van der Waals surface area contributed by atoms with E-state index in [0.29, 0.717) is 11.3 Å². The summed E-state index contributed by atoms with van der Waals surface area (Å²) in [5.41, 5.74) is 0.517. The van der Waals surface area contributed by atoms with Crippen molar-refractivity contribution in [2.45, 2.75) is 53.1 Å². The Kier molecular flexibility index (Phi) is 2.25. The van der Waals surface area contributed by atoms with Gasteiger partial charge in [0.05, 0.1) is 6.10 Å². The molecule has 0 heterocycles. The zero-order valence-corrected chi connectivity index (χ0v) is 11.1. The first-order valence-electron chi connectivity index (χ1n) is 7.12. The molecule has 0 saturated heterocycles. The molecule has 3 rings (SSSR count). The molecule has 1 nitrogen and oxygen atoms in total. The molecule has 92 valence electrons. The maximum absolute atomic E-state index is 10.3. The predicted molar refractivity (Wildman–Crippen MR) is 65.9 cm³/mol. The molecule has 0 spiro atoms. The summed E-state index contributed by atoms with van der Waals surface area (Å²) in [5, 5.41) is 10.3. The van der Waals surface area contributed by atoms with Crippen LogP contribution in [0.15, 0.2) is 0 Å². The maximum atomic E-state index is 10.3. The fourth-order valence-electron chi connectivity index (χ4n) is 5.26. The van der Waals surface area contributed by atoms with Gasteiger partial charge in [-0.1, -0.05) is 34.1 Å². The second-order valence-electron chi connectivity index (χ2n) is 7.41. The van der Waals surface area contributed by atoms with E-state index < -0.39 is 0 Å². The highest BCUT2D eigenvalue weighted by Gasteiger charge is 2.65. The molecule has 0 aliphatic heterocycles. The van der Waals surface area contributed by atoms with Crippen LogP contribution in [0.1, 0.15) is 47.0 Å². The second-order valence-corrected chi connectivity index (χ2v) is 7.41. The van der Waals surface area contributed by atoms with E-state index in [1.54, 1.807) is 0 Å². The van der Waals surface area contributed by atoms with Gasteiger partial charge >= 0.3 is 0 Å². The van der Waals surface area contributed by atoms with Crippen molar-refractivity contribution in [1.82, 2.24) is 0 Å². The van der Waals surface area contributed by atoms with Crippen LogP contribution in [0.3, 0.4) is 0 Å². The van der Waals surface area contributed by atoms with Gasteiger partial charge in [0, 0.05) is 0 Å². The summed E-state index contributed by atoms with van der Waals surface area (Å²) in [6.07, 6.45) is 3.79. The number of hydrogen-bond donors (Lipinski definition) is 1. The van der Waals surface area contributed by atoms with Gasteiger partial charge in [0.2, 0.25) is 0 Å². The van der Waals surface area contributed by atoms with E-state index in [4.69, 9.17) is 0 Å². The summed E-state index contributed by atoms with van der Waals surface area (Å²) in [4.78, 5) is 0. The summed E-state index contributed by atoms with van der Waals surface area (Å²) in [5.74, 6) is 4.87. The van der Waals surface area contributed by atoms with Gasteiger partial charge in [-0.05, 0) is 53.8 Å². The lowest BCUT2D eigenvalue weighted by molar-refractivity contribution is 0.0587. The van der Waals surface area contributed by atoms with Crippen molar-refractivity contribution < 1.29 is 5.11 Å². The van der Waals surface area contributed by atoms with Crippen LogP contribution >= 0.6 is 0 Å². The monoisotopic (exact) mass is 222 g/mol. The maximum Gasteiger partial charge on any atom is 0.0571 e. The highest BCUT2D eigenvalue weighted by atomic mass is 16.3. The van der Waals surface area contributed by atoms with Gasteiger partial charge in [0.25, 0.3) is 0 Å². The van der Waals surface area contributed by atoms with Crippen LogP contribution < -0.4 is 0 Å². The van der Waals surface area contributed by atoms with Crippen molar-refractivity contribution in [3.05, 3.63) is 0 Å². The van der Waals surface area contributed by atoms with Crippen molar-refractivity contribution in [1.29, 1.82) is 0 Å². The van der Waals surface area contributed by atoms with E-state index in [0.717, 1.165) is 36.0 Å². The zero-order valence-electron chi connectivity index (χ0n) is 11.1. The largest absolute Gasteiger partial charge is 0.393 e. The Morgan fingerprint density at radius 1 is 1.12 bits per heavy atom. The average molecular weight is 222 g/mol. The number of aliphatic hydroxyl groups excluding tert-OH is 1. The molecular weight excluding hydrogens is 196 g/mol. The lowest BCUT2D eigenvalue weighted by atomic mass is 9.76. The van der Waals surface area contributed by atoms with Gasteiger partial charge in [-0.3, -0.25) is 0 Å².